The molecule has 6 heteroatoms. The molecule has 1 atom stereocenters. The van der Waals surface area contributed by atoms with Gasteiger partial charge in [0.05, 0.1) is 18.8 Å². The van der Waals surface area contributed by atoms with Gasteiger partial charge in [0.25, 0.3) is 0 Å². The lowest BCUT2D eigenvalue weighted by Crippen LogP contribution is -2.47. The van der Waals surface area contributed by atoms with Gasteiger partial charge in [-0.05, 0) is 13.8 Å². The highest BCUT2D eigenvalue weighted by atomic mass is 32.1. The maximum Gasteiger partial charge on any atom is 0.120 e. The van der Waals surface area contributed by atoms with Crippen LogP contribution in [0.5, 0.6) is 0 Å². The summed E-state index contributed by atoms with van der Waals surface area (Å²) >= 11 is 6.73. The van der Waals surface area contributed by atoms with Crippen LogP contribution in [0.1, 0.15) is 15.6 Å². The number of aromatic nitrogens is 1. The smallest absolute Gasteiger partial charge is 0.120 e. The van der Waals surface area contributed by atoms with Crippen molar-refractivity contribution in [1.29, 1.82) is 0 Å². The summed E-state index contributed by atoms with van der Waals surface area (Å²) in [6, 6.07) is 0. The Bertz CT molecular complexity index is 399. The number of morpholine rings is 1. The first kappa shape index (κ1) is 12.9. The van der Waals surface area contributed by atoms with Gasteiger partial charge in [0.2, 0.25) is 0 Å². The Morgan fingerprint density at radius 2 is 2.41 bits per heavy atom. The number of ether oxygens (including phenoxy) is 1. The highest BCUT2D eigenvalue weighted by molar-refractivity contribution is 7.80. The Hall–Kier alpha value is -0.560. The van der Waals surface area contributed by atoms with Gasteiger partial charge in [0, 0.05) is 18.0 Å². The maximum absolute atomic E-state index is 5.62. The van der Waals surface area contributed by atoms with Gasteiger partial charge in [-0.25, -0.2) is 4.98 Å². The van der Waals surface area contributed by atoms with Crippen molar-refractivity contribution in [3.63, 3.8) is 0 Å². The summed E-state index contributed by atoms with van der Waals surface area (Å²) in [6.45, 7) is 7.39. The lowest BCUT2D eigenvalue weighted by atomic mass is 10.2. The van der Waals surface area contributed by atoms with Gasteiger partial charge < -0.3 is 10.5 Å². The Labute approximate surface area is 111 Å². The van der Waals surface area contributed by atoms with Gasteiger partial charge in [0.1, 0.15) is 16.1 Å². The van der Waals surface area contributed by atoms with Crippen molar-refractivity contribution in [3.05, 3.63) is 15.6 Å². The minimum absolute atomic E-state index is 0.110. The third-order valence-corrected chi connectivity index (χ3v) is 4.22. The SMILES string of the molecule is Cc1nc(CN2CCOC(C(N)=S)C2)sc1C. The topological polar surface area (TPSA) is 51.4 Å². The Balaban J connectivity index is 1.96. The standard InChI is InChI=1S/C11H17N3OS2/c1-7-8(2)17-10(13-7)6-14-3-4-15-9(5-14)11(12)16/h9H,3-6H2,1-2H3,(H2,12,16). The first-order valence-corrected chi connectivity index (χ1v) is 6.85. The summed E-state index contributed by atoms with van der Waals surface area (Å²) in [6.07, 6.45) is -0.110. The van der Waals surface area contributed by atoms with Crippen molar-refractivity contribution in [2.75, 3.05) is 19.7 Å². The summed E-state index contributed by atoms with van der Waals surface area (Å²) in [5.74, 6) is 0. The van der Waals surface area contributed by atoms with Crippen LogP contribution in [0.15, 0.2) is 0 Å². The molecule has 1 aromatic rings. The molecule has 0 radical (unpaired) electrons. The zero-order chi connectivity index (χ0) is 12.4. The minimum atomic E-state index is -0.110. The average molecular weight is 271 g/mol. The Morgan fingerprint density at radius 3 is 3.00 bits per heavy atom. The number of hydrogen-bond donors (Lipinski definition) is 1. The highest BCUT2D eigenvalue weighted by Gasteiger charge is 2.23. The predicted octanol–water partition coefficient (Wildman–Crippen LogP) is 1.25. The van der Waals surface area contributed by atoms with Crippen LogP contribution in [0.3, 0.4) is 0 Å². The minimum Gasteiger partial charge on any atom is -0.391 e. The lowest BCUT2D eigenvalue weighted by molar-refractivity contribution is 0.00388. The summed E-state index contributed by atoms with van der Waals surface area (Å²) < 4.78 is 5.51. The van der Waals surface area contributed by atoms with Gasteiger partial charge in [0.15, 0.2) is 0 Å². The number of nitrogens with two attached hydrogens (primary N) is 1. The molecule has 1 aliphatic heterocycles. The predicted molar refractivity (Wildman–Crippen MR) is 73.4 cm³/mol. The second-order valence-electron chi connectivity index (χ2n) is 4.25. The molecule has 2 N–H and O–H groups in total. The number of rotatable bonds is 3. The Morgan fingerprint density at radius 1 is 1.65 bits per heavy atom. The van der Waals surface area contributed by atoms with E-state index in [1.54, 1.807) is 11.3 Å². The molecule has 1 unspecified atom stereocenters. The number of hydrogen-bond acceptors (Lipinski definition) is 5. The van der Waals surface area contributed by atoms with Gasteiger partial charge in [-0.2, -0.15) is 0 Å². The monoisotopic (exact) mass is 271 g/mol. The van der Waals surface area contributed by atoms with Gasteiger partial charge >= 0.3 is 0 Å². The molecular formula is C11H17N3OS2. The molecule has 0 aliphatic carbocycles. The summed E-state index contributed by atoms with van der Waals surface area (Å²) in [4.78, 5) is 8.58. The van der Waals surface area contributed by atoms with E-state index in [0.717, 1.165) is 30.3 Å². The zero-order valence-electron chi connectivity index (χ0n) is 10.1. The van der Waals surface area contributed by atoms with E-state index in [4.69, 9.17) is 22.7 Å². The van der Waals surface area contributed by atoms with Crippen LogP contribution in [0, 0.1) is 13.8 Å². The van der Waals surface area contributed by atoms with Gasteiger partial charge in [-0.15, -0.1) is 11.3 Å². The number of aryl methyl sites for hydroxylation is 2. The summed E-state index contributed by atoms with van der Waals surface area (Å²) in [5, 5.41) is 1.16. The molecule has 1 aliphatic rings. The van der Waals surface area contributed by atoms with E-state index in [1.165, 1.54) is 4.88 Å². The molecule has 0 bridgehead atoms. The fourth-order valence-corrected chi connectivity index (χ4v) is 2.94. The maximum atomic E-state index is 5.62. The molecule has 17 heavy (non-hydrogen) atoms. The molecule has 1 fully saturated rings. The first-order valence-electron chi connectivity index (χ1n) is 5.62. The molecule has 1 saturated heterocycles. The van der Waals surface area contributed by atoms with Crippen LogP contribution in [0.25, 0.3) is 0 Å². The average Bonchev–Trinajstić information content (AvgIpc) is 2.58. The molecule has 0 amide bonds. The van der Waals surface area contributed by atoms with E-state index in [2.05, 4.69) is 16.8 Å². The molecule has 0 spiro atoms. The number of thiazole rings is 1. The zero-order valence-corrected chi connectivity index (χ0v) is 11.7. The molecule has 2 heterocycles. The van der Waals surface area contributed by atoms with Crippen molar-refractivity contribution < 1.29 is 4.74 Å². The van der Waals surface area contributed by atoms with Crippen molar-refractivity contribution in [2.24, 2.45) is 5.73 Å². The number of nitrogens with zero attached hydrogens (tertiary/aromatic N) is 2. The second-order valence-corrected chi connectivity index (χ2v) is 6.01. The molecular weight excluding hydrogens is 254 g/mol. The normalized spacial score (nSPS) is 21.6. The number of thiocarbonyl (C=S) groups is 1. The van der Waals surface area contributed by atoms with Crippen molar-refractivity contribution in [3.8, 4) is 0 Å². The summed E-state index contributed by atoms with van der Waals surface area (Å²) in [5.41, 5.74) is 6.75. The van der Waals surface area contributed by atoms with E-state index in [0.29, 0.717) is 11.6 Å². The molecule has 0 saturated carbocycles. The third kappa shape index (κ3) is 3.22. The fraction of sp³-hybridized carbons (Fsp3) is 0.636. The molecule has 0 aromatic carbocycles. The third-order valence-electron chi connectivity index (χ3n) is 2.90. The fourth-order valence-electron chi connectivity index (χ4n) is 1.82. The van der Waals surface area contributed by atoms with E-state index in [1.807, 2.05) is 6.92 Å². The molecule has 1 aromatic heterocycles. The van der Waals surface area contributed by atoms with Crippen molar-refractivity contribution in [1.82, 2.24) is 9.88 Å². The molecule has 4 nitrogen and oxygen atoms in total. The summed E-state index contributed by atoms with van der Waals surface area (Å²) in [7, 11) is 0. The highest BCUT2D eigenvalue weighted by Crippen LogP contribution is 2.19. The largest absolute Gasteiger partial charge is 0.391 e. The van der Waals surface area contributed by atoms with Gasteiger partial charge in [-0.3, -0.25) is 4.90 Å². The van der Waals surface area contributed by atoms with Crippen LogP contribution in [0.2, 0.25) is 0 Å². The van der Waals surface area contributed by atoms with Crippen molar-refractivity contribution in [2.45, 2.75) is 26.5 Å². The van der Waals surface area contributed by atoms with Crippen LogP contribution in [-0.4, -0.2) is 40.7 Å². The van der Waals surface area contributed by atoms with E-state index in [9.17, 15) is 0 Å². The second kappa shape index (κ2) is 5.39. The van der Waals surface area contributed by atoms with Crippen LogP contribution in [0.4, 0.5) is 0 Å². The molecule has 2 rings (SSSR count). The van der Waals surface area contributed by atoms with E-state index < -0.39 is 0 Å². The Kier molecular flexibility index (Phi) is 4.09. The van der Waals surface area contributed by atoms with Gasteiger partial charge in [-0.1, -0.05) is 12.2 Å². The van der Waals surface area contributed by atoms with E-state index >= 15 is 0 Å². The quantitative estimate of drug-likeness (QED) is 0.839. The van der Waals surface area contributed by atoms with Crippen LogP contribution < -0.4 is 5.73 Å². The van der Waals surface area contributed by atoms with Crippen LogP contribution >= 0.6 is 23.6 Å². The van der Waals surface area contributed by atoms with Crippen LogP contribution in [-0.2, 0) is 11.3 Å². The van der Waals surface area contributed by atoms with Crippen molar-refractivity contribution >= 4 is 28.5 Å². The molecule has 94 valence electrons. The van der Waals surface area contributed by atoms with E-state index in [-0.39, 0.29) is 6.10 Å². The first-order chi connectivity index (χ1) is 8.06. The lowest BCUT2D eigenvalue weighted by Gasteiger charge is -2.31.